The Kier molecular flexibility index (Phi) is 7.00. The van der Waals surface area contributed by atoms with Gasteiger partial charge in [-0.15, -0.1) is 11.8 Å². The van der Waals surface area contributed by atoms with E-state index >= 15 is 0 Å². The lowest BCUT2D eigenvalue weighted by Gasteiger charge is -2.24. The number of carbonyl (C=O) groups excluding carboxylic acids is 1. The highest BCUT2D eigenvalue weighted by Crippen LogP contribution is 2.37. The molecule has 1 heterocycles. The number of urea groups is 1. The van der Waals surface area contributed by atoms with Gasteiger partial charge in [0.1, 0.15) is 0 Å². The Balaban J connectivity index is 1.57. The third kappa shape index (κ3) is 5.25. The summed E-state index contributed by atoms with van der Waals surface area (Å²) in [6.07, 6.45) is 5.19. The van der Waals surface area contributed by atoms with E-state index in [2.05, 4.69) is 38.4 Å². The Morgan fingerprint density at radius 1 is 1.27 bits per heavy atom. The van der Waals surface area contributed by atoms with Crippen molar-refractivity contribution >= 4 is 34.8 Å². The number of nitrogens with one attached hydrogen (secondary N) is 2. The first-order chi connectivity index (χ1) is 12.6. The largest absolute Gasteiger partial charge is 0.336 e. The Hall–Kier alpha value is -1.50. The SMILES string of the molecule is CN(C)C(CNC(=O)Nc1ccccc1SC1CCCC1)c1ccsc1. The van der Waals surface area contributed by atoms with Crippen LogP contribution in [0, 0.1) is 0 Å². The maximum Gasteiger partial charge on any atom is 0.319 e. The monoisotopic (exact) mass is 389 g/mol. The number of anilines is 1. The molecule has 0 saturated heterocycles. The average molecular weight is 390 g/mol. The molecule has 140 valence electrons. The first kappa shape index (κ1) is 19.3. The van der Waals surface area contributed by atoms with Crippen LogP contribution in [0.1, 0.15) is 37.3 Å². The van der Waals surface area contributed by atoms with Gasteiger partial charge in [0.2, 0.25) is 0 Å². The van der Waals surface area contributed by atoms with Crippen LogP contribution in [0.4, 0.5) is 10.5 Å². The van der Waals surface area contributed by atoms with Crippen LogP contribution < -0.4 is 10.6 Å². The summed E-state index contributed by atoms with van der Waals surface area (Å²) in [5, 5.41) is 10.9. The zero-order chi connectivity index (χ0) is 18.4. The van der Waals surface area contributed by atoms with Crippen molar-refractivity contribution in [1.29, 1.82) is 0 Å². The normalized spacial score (nSPS) is 16.0. The summed E-state index contributed by atoms with van der Waals surface area (Å²) < 4.78 is 0. The zero-order valence-corrected chi connectivity index (χ0v) is 17.0. The minimum absolute atomic E-state index is 0.147. The molecule has 26 heavy (non-hydrogen) atoms. The number of rotatable bonds is 7. The summed E-state index contributed by atoms with van der Waals surface area (Å²) in [6, 6.07) is 10.2. The summed E-state index contributed by atoms with van der Waals surface area (Å²) in [6.45, 7) is 0.577. The van der Waals surface area contributed by atoms with Crippen molar-refractivity contribution in [2.45, 2.75) is 41.9 Å². The summed E-state index contributed by atoms with van der Waals surface area (Å²) in [7, 11) is 4.07. The molecule has 0 spiro atoms. The van der Waals surface area contributed by atoms with Crippen molar-refractivity contribution < 1.29 is 4.79 Å². The topological polar surface area (TPSA) is 44.4 Å². The lowest BCUT2D eigenvalue weighted by Crippen LogP contribution is -2.36. The number of carbonyl (C=O) groups is 1. The number of amides is 2. The fourth-order valence-corrected chi connectivity index (χ4v) is 5.32. The Labute approximate surface area is 164 Å². The Morgan fingerprint density at radius 2 is 2.04 bits per heavy atom. The minimum atomic E-state index is -0.147. The Morgan fingerprint density at radius 3 is 2.73 bits per heavy atom. The molecule has 3 rings (SSSR count). The highest BCUT2D eigenvalue weighted by molar-refractivity contribution is 8.00. The minimum Gasteiger partial charge on any atom is -0.336 e. The number of para-hydroxylation sites is 1. The highest BCUT2D eigenvalue weighted by Gasteiger charge is 2.19. The molecule has 1 fully saturated rings. The molecule has 1 aromatic heterocycles. The summed E-state index contributed by atoms with van der Waals surface area (Å²) >= 11 is 3.58. The van der Waals surface area contributed by atoms with Gasteiger partial charge in [-0.1, -0.05) is 25.0 Å². The maximum absolute atomic E-state index is 12.5. The van der Waals surface area contributed by atoms with Crippen LogP contribution in [0.2, 0.25) is 0 Å². The molecule has 1 aliphatic carbocycles. The van der Waals surface area contributed by atoms with Gasteiger partial charge in [-0.25, -0.2) is 4.79 Å². The summed E-state index contributed by atoms with van der Waals surface area (Å²) in [5.74, 6) is 0. The van der Waals surface area contributed by atoms with Gasteiger partial charge in [0.25, 0.3) is 0 Å². The van der Waals surface area contributed by atoms with E-state index < -0.39 is 0 Å². The van der Waals surface area contributed by atoms with Crippen LogP contribution in [0.5, 0.6) is 0 Å². The number of nitrogens with zero attached hydrogens (tertiary/aromatic N) is 1. The molecule has 1 unspecified atom stereocenters. The van der Waals surface area contributed by atoms with Crippen molar-refractivity contribution in [3.63, 3.8) is 0 Å². The molecule has 4 nitrogen and oxygen atoms in total. The fourth-order valence-electron chi connectivity index (χ4n) is 3.28. The zero-order valence-electron chi connectivity index (χ0n) is 15.4. The average Bonchev–Trinajstić information content (AvgIpc) is 3.30. The lowest BCUT2D eigenvalue weighted by molar-refractivity contribution is 0.243. The second-order valence-corrected chi connectivity index (χ2v) is 9.01. The van der Waals surface area contributed by atoms with Gasteiger partial charge in [0.15, 0.2) is 0 Å². The van der Waals surface area contributed by atoms with Crippen molar-refractivity contribution in [2.24, 2.45) is 0 Å². The first-order valence-corrected chi connectivity index (χ1v) is 10.9. The highest BCUT2D eigenvalue weighted by atomic mass is 32.2. The molecule has 0 aliphatic heterocycles. The van der Waals surface area contributed by atoms with E-state index in [0.29, 0.717) is 11.8 Å². The molecule has 0 bridgehead atoms. The molecule has 1 saturated carbocycles. The van der Waals surface area contributed by atoms with Gasteiger partial charge in [0, 0.05) is 16.7 Å². The molecule has 1 atom stereocenters. The Bertz CT molecular complexity index is 697. The number of hydrogen-bond donors (Lipinski definition) is 2. The molecule has 6 heteroatoms. The summed E-state index contributed by atoms with van der Waals surface area (Å²) in [4.78, 5) is 15.7. The van der Waals surface area contributed by atoms with E-state index in [0.717, 1.165) is 10.6 Å². The van der Waals surface area contributed by atoms with Gasteiger partial charge in [-0.2, -0.15) is 11.3 Å². The standard InChI is InChI=1S/C20H27N3OS2/c1-23(2)18(15-11-12-25-14-15)13-21-20(24)22-17-9-5-6-10-19(17)26-16-7-3-4-8-16/h5-6,9-12,14,16,18H,3-4,7-8,13H2,1-2H3,(H2,21,22,24). The van der Waals surface area contributed by atoms with Crippen molar-refractivity contribution in [1.82, 2.24) is 10.2 Å². The number of likely N-dealkylation sites (N-methyl/N-ethyl adjacent to an activating group) is 1. The maximum atomic E-state index is 12.5. The van der Waals surface area contributed by atoms with Crippen LogP contribution in [0.25, 0.3) is 0 Å². The molecule has 2 amide bonds. The van der Waals surface area contributed by atoms with E-state index in [1.165, 1.54) is 31.2 Å². The van der Waals surface area contributed by atoms with Gasteiger partial charge in [-0.05, 0) is 61.5 Å². The van der Waals surface area contributed by atoms with Crippen molar-refractivity contribution in [3.05, 3.63) is 46.7 Å². The summed E-state index contributed by atoms with van der Waals surface area (Å²) in [5.41, 5.74) is 2.14. The molecular weight excluding hydrogens is 362 g/mol. The van der Waals surface area contributed by atoms with Crippen LogP contribution in [0.15, 0.2) is 46.0 Å². The van der Waals surface area contributed by atoms with Crippen molar-refractivity contribution in [2.75, 3.05) is 26.0 Å². The van der Waals surface area contributed by atoms with E-state index in [1.54, 1.807) is 11.3 Å². The van der Waals surface area contributed by atoms with E-state index in [-0.39, 0.29) is 12.1 Å². The third-order valence-electron chi connectivity index (χ3n) is 4.74. The van der Waals surface area contributed by atoms with Gasteiger partial charge in [0.05, 0.1) is 11.7 Å². The smallest absolute Gasteiger partial charge is 0.319 e. The van der Waals surface area contributed by atoms with E-state index in [9.17, 15) is 4.79 Å². The molecule has 1 aromatic carbocycles. The van der Waals surface area contributed by atoms with Gasteiger partial charge in [-0.3, -0.25) is 0 Å². The fraction of sp³-hybridized carbons (Fsp3) is 0.450. The van der Waals surface area contributed by atoms with Crippen LogP contribution >= 0.6 is 23.1 Å². The molecule has 1 aliphatic rings. The molecule has 2 aromatic rings. The van der Waals surface area contributed by atoms with Crippen LogP contribution in [-0.2, 0) is 0 Å². The molecular formula is C20H27N3OS2. The van der Waals surface area contributed by atoms with Crippen molar-refractivity contribution in [3.8, 4) is 0 Å². The van der Waals surface area contributed by atoms with Crippen LogP contribution in [-0.4, -0.2) is 36.8 Å². The molecule has 0 radical (unpaired) electrons. The quantitative estimate of drug-likeness (QED) is 0.683. The first-order valence-electron chi connectivity index (χ1n) is 9.12. The van der Waals surface area contributed by atoms with E-state index in [1.807, 2.05) is 44.1 Å². The second-order valence-electron chi connectivity index (χ2n) is 6.89. The number of hydrogen-bond acceptors (Lipinski definition) is 4. The number of thiophene rings is 1. The predicted molar refractivity (Wildman–Crippen MR) is 112 cm³/mol. The van der Waals surface area contributed by atoms with Gasteiger partial charge >= 0.3 is 6.03 Å². The number of thioether (sulfide) groups is 1. The predicted octanol–water partition coefficient (Wildman–Crippen LogP) is 5.21. The number of benzene rings is 1. The lowest BCUT2D eigenvalue weighted by atomic mass is 10.1. The van der Waals surface area contributed by atoms with E-state index in [4.69, 9.17) is 0 Å². The second kappa shape index (κ2) is 9.44. The third-order valence-corrected chi connectivity index (χ3v) is 6.85. The van der Waals surface area contributed by atoms with Gasteiger partial charge < -0.3 is 15.5 Å². The molecule has 2 N–H and O–H groups in total. The van der Waals surface area contributed by atoms with Crippen LogP contribution in [0.3, 0.4) is 0 Å².